The van der Waals surface area contributed by atoms with Crippen LogP contribution in [-0.2, 0) is 0 Å². The maximum absolute atomic E-state index is 13.1. The summed E-state index contributed by atoms with van der Waals surface area (Å²) in [5.41, 5.74) is 1.65. The molecule has 0 aliphatic carbocycles. The second-order valence-corrected chi connectivity index (χ2v) is 9.42. The van der Waals surface area contributed by atoms with Crippen molar-refractivity contribution in [2.24, 2.45) is 0 Å². The minimum absolute atomic E-state index is 0.102. The Morgan fingerprint density at radius 3 is 2.39 bits per heavy atom. The Morgan fingerprint density at radius 1 is 0.970 bits per heavy atom. The normalized spacial score (nSPS) is 13.9. The van der Waals surface area contributed by atoms with Crippen LogP contribution in [0.4, 0.5) is 17.1 Å². The molecule has 1 saturated heterocycles. The number of nitro benzene ring substituents is 1. The number of nitrogens with one attached hydrogen (secondary N) is 1. The number of amides is 1. The molecule has 1 amide bonds. The summed E-state index contributed by atoms with van der Waals surface area (Å²) in [4.78, 5) is 28.0. The number of anilines is 2. The lowest BCUT2D eigenvalue weighted by molar-refractivity contribution is -0.387. The third-order valence-corrected chi connectivity index (χ3v) is 6.85. The molecule has 3 aromatic carbocycles. The molecule has 0 spiro atoms. The number of rotatable bonds is 6. The van der Waals surface area contributed by atoms with Gasteiger partial charge in [-0.3, -0.25) is 14.9 Å². The fourth-order valence-electron chi connectivity index (χ4n) is 3.89. The van der Waals surface area contributed by atoms with Gasteiger partial charge in [0.25, 0.3) is 11.6 Å². The molecule has 1 aliphatic rings. The summed E-state index contributed by atoms with van der Waals surface area (Å²) in [6.07, 6.45) is 4.59. The summed E-state index contributed by atoms with van der Waals surface area (Å²) in [5, 5.41) is 15.2. The van der Waals surface area contributed by atoms with Crippen molar-refractivity contribution in [3.63, 3.8) is 0 Å². The second kappa shape index (κ2) is 10.7. The highest BCUT2D eigenvalue weighted by molar-refractivity contribution is 7.99. The van der Waals surface area contributed by atoms with Gasteiger partial charge in [0.2, 0.25) is 0 Å². The van der Waals surface area contributed by atoms with E-state index in [2.05, 4.69) is 10.2 Å². The highest BCUT2D eigenvalue weighted by Gasteiger charge is 2.20. The molecule has 0 aromatic heterocycles. The first-order valence-corrected chi connectivity index (χ1v) is 12.1. The van der Waals surface area contributed by atoms with Gasteiger partial charge in [-0.2, -0.15) is 0 Å². The molecule has 0 unspecified atom stereocenters. The van der Waals surface area contributed by atoms with Crippen LogP contribution in [0.25, 0.3) is 0 Å². The zero-order chi connectivity index (χ0) is 23.2. The summed E-state index contributed by atoms with van der Waals surface area (Å²) in [6, 6.07) is 19.5. The van der Waals surface area contributed by atoms with Crippen LogP contribution in [0.3, 0.4) is 0 Å². The number of hydrogen-bond acceptors (Lipinski definition) is 5. The molecule has 8 heteroatoms. The number of hydrogen-bond donors (Lipinski definition) is 1. The summed E-state index contributed by atoms with van der Waals surface area (Å²) < 4.78 is 0. The number of carbonyl (C=O) groups excluding carboxylic acids is 1. The third-order valence-electron chi connectivity index (χ3n) is 5.54. The van der Waals surface area contributed by atoms with Crippen LogP contribution >= 0.6 is 23.4 Å². The lowest BCUT2D eigenvalue weighted by Gasteiger charge is -2.25. The molecule has 6 nitrogen and oxygen atoms in total. The largest absolute Gasteiger partial charge is 0.370 e. The first-order chi connectivity index (χ1) is 16.0. The van der Waals surface area contributed by atoms with E-state index >= 15 is 0 Å². The van der Waals surface area contributed by atoms with Crippen LogP contribution in [0, 0.1) is 10.1 Å². The van der Waals surface area contributed by atoms with E-state index in [1.807, 2.05) is 42.5 Å². The molecular weight excluding hydrogens is 458 g/mol. The Kier molecular flexibility index (Phi) is 7.52. The van der Waals surface area contributed by atoms with Gasteiger partial charge in [-0.15, -0.1) is 0 Å². The quantitative estimate of drug-likeness (QED) is 0.302. The average Bonchev–Trinajstić information content (AvgIpc) is 3.09. The molecule has 170 valence electrons. The van der Waals surface area contributed by atoms with Crippen molar-refractivity contribution in [2.75, 3.05) is 23.3 Å². The summed E-state index contributed by atoms with van der Waals surface area (Å²) in [6.45, 7) is 1.84. The highest BCUT2D eigenvalue weighted by atomic mass is 35.5. The fraction of sp³-hybridized carbons (Fsp3) is 0.240. The van der Waals surface area contributed by atoms with Gasteiger partial charge in [-0.25, -0.2) is 0 Å². The van der Waals surface area contributed by atoms with E-state index in [0.717, 1.165) is 36.5 Å². The predicted octanol–water partition coefficient (Wildman–Crippen LogP) is 7.03. The SMILES string of the molecule is O=C(Nc1cc(Cl)ccc1N1CCCCCC1)c1ccc(Sc2ccccc2)c([N+](=O)[O-])c1. The van der Waals surface area contributed by atoms with Gasteiger partial charge >= 0.3 is 0 Å². The van der Waals surface area contributed by atoms with E-state index < -0.39 is 10.8 Å². The highest BCUT2D eigenvalue weighted by Crippen LogP contribution is 2.36. The predicted molar refractivity (Wildman–Crippen MR) is 134 cm³/mol. The molecule has 3 aromatic rings. The van der Waals surface area contributed by atoms with E-state index in [9.17, 15) is 14.9 Å². The molecule has 0 radical (unpaired) electrons. The van der Waals surface area contributed by atoms with E-state index in [0.29, 0.717) is 15.6 Å². The first kappa shape index (κ1) is 23.1. The molecule has 1 heterocycles. The maximum atomic E-state index is 13.1. The fourth-order valence-corrected chi connectivity index (χ4v) is 4.99. The zero-order valence-corrected chi connectivity index (χ0v) is 19.6. The number of nitro groups is 1. The van der Waals surface area contributed by atoms with Crippen molar-refractivity contribution in [3.8, 4) is 0 Å². The van der Waals surface area contributed by atoms with Crippen LogP contribution in [-0.4, -0.2) is 23.9 Å². The smallest absolute Gasteiger partial charge is 0.284 e. The van der Waals surface area contributed by atoms with E-state index in [1.54, 1.807) is 18.2 Å². The molecule has 4 rings (SSSR count). The third kappa shape index (κ3) is 5.86. The Hall–Kier alpha value is -3.03. The molecule has 1 aliphatic heterocycles. The van der Waals surface area contributed by atoms with Gasteiger partial charge in [0.1, 0.15) is 0 Å². The van der Waals surface area contributed by atoms with Crippen molar-refractivity contribution in [1.82, 2.24) is 0 Å². The minimum atomic E-state index is -0.454. The number of carbonyl (C=O) groups is 1. The molecule has 1 N–H and O–H groups in total. The lowest BCUT2D eigenvalue weighted by atomic mass is 10.1. The maximum Gasteiger partial charge on any atom is 0.284 e. The van der Waals surface area contributed by atoms with Crippen LogP contribution in [0.15, 0.2) is 76.5 Å². The van der Waals surface area contributed by atoms with Gasteiger partial charge in [-0.05, 0) is 55.3 Å². The van der Waals surface area contributed by atoms with Crippen LogP contribution in [0.2, 0.25) is 5.02 Å². The minimum Gasteiger partial charge on any atom is -0.370 e. The Balaban J connectivity index is 1.59. The number of benzene rings is 3. The molecule has 0 bridgehead atoms. The van der Waals surface area contributed by atoms with Crippen molar-refractivity contribution in [2.45, 2.75) is 35.5 Å². The first-order valence-electron chi connectivity index (χ1n) is 10.9. The molecular formula is C25H24ClN3O3S. The number of halogens is 1. The van der Waals surface area contributed by atoms with Crippen molar-refractivity contribution in [1.29, 1.82) is 0 Å². The van der Waals surface area contributed by atoms with Gasteiger partial charge in [0, 0.05) is 34.6 Å². The average molecular weight is 482 g/mol. The summed E-state index contributed by atoms with van der Waals surface area (Å²) in [7, 11) is 0. The Morgan fingerprint density at radius 2 is 1.70 bits per heavy atom. The van der Waals surface area contributed by atoms with Gasteiger partial charge in [-0.1, -0.05) is 54.4 Å². The van der Waals surface area contributed by atoms with Crippen molar-refractivity contribution < 1.29 is 9.72 Å². The van der Waals surface area contributed by atoms with E-state index in [-0.39, 0.29) is 11.3 Å². The second-order valence-electron chi connectivity index (χ2n) is 7.87. The van der Waals surface area contributed by atoms with Crippen LogP contribution in [0.1, 0.15) is 36.0 Å². The Labute approximate surface area is 202 Å². The summed E-state index contributed by atoms with van der Waals surface area (Å²) in [5.74, 6) is -0.410. The van der Waals surface area contributed by atoms with E-state index in [4.69, 9.17) is 11.6 Å². The van der Waals surface area contributed by atoms with Gasteiger partial charge in [0.15, 0.2) is 0 Å². The topological polar surface area (TPSA) is 75.5 Å². The van der Waals surface area contributed by atoms with Gasteiger partial charge in [0.05, 0.1) is 21.2 Å². The molecule has 33 heavy (non-hydrogen) atoms. The van der Waals surface area contributed by atoms with Gasteiger partial charge < -0.3 is 10.2 Å². The van der Waals surface area contributed by atoms with Crippen molar-refractivity contribution >= 4 is 46.3 Å². The number of nitrogens with zero attached hydrogens (tertiary/aromatic N) is 2. The van der Waals surface area contributed by atoms with E-state index in [1.165, 1.54) is 30.7 Å². The summed E-state index contributed by atoms with van der Waals surface area (Å²) >= 11 is 7.51. The van der Waals surface area contributed by atoms with Crippen LogP contribution < -0.4 is 10.2 Å². The molecule has 0 saturated carbocycles. The standard InChI is InChI=1S/C25H24ClN3O3S/c26-19-11-12-22(28-14-6-1-2-7-15-28)21(17-19)27-25(30)18-10-13-24(23(16-18)29(31)32)33-20-8-4-3-5-9-20/h3-5,8-13,16-17H,1-2,6-7,14-15H2,(H,27,30). The molecule has 0 atom stereocenters. The molecule has 1 fully saturated rings. The Bertz CT molecular complexity index is 1150. The lowest BCUT2D eigenvalue weighted by Crippen LogP contribution is -2.25. The zero-order valence-electron chi connectivity index (χ0n) is 18.0. The monoisotopic (exact) mass is 481 g/mol. The van der Waals surface area contributed by atoms with Crippen LogP contribution in [0.5, 0.6) is 0 Å². The van der Waals surface area contributed by atoms with Crippen molar-refractivity contribution in [3.05, 3.63) is 87.4 Å².